The average molecular weight is 612 g/mol. The highest BCUT2D eigenvalue weighted by Crippen LogP contribution is 2.59. The monoisotopic (exact) mass is 611 g/mol. The molecule has 1 N–H and O–H groups in total. The van der Waals surface area contributed by atoms with Crippen molar-refractivity contribution in [3.63, 3.8) is 0 Å². The Kier molecular flexibility index (Phi) is 7.44. The van der Waals surface area contributed by atoms with Crippen LogP contribution in [0.1, 0.15) is 80.7 Å². The fraction of sp³-hybridized carbons (Fsp3) is 0.583. The largest absolute Gasteiger partial charge is 0.489 e. The van der Waals surface area contributed by atoms with Crippen molar-refractivity contribution in [2.45, 2.75) is 78.1 Å². The van der Waals surface area contributed by atoms with Crippen molar-refractivity contribution in [2.24, 2.45) is 28.6 Å². The van der Waals surface area contributed by atoms with Crippen LogP contribution in [0.5, 0.6) is 5.75 Å². The molecule has 2 aliphatic carbocycles. The normalized spacial score (nSPS) is 31.8. The molecule has 0 spiro atoms. The predicted molar refractivity (Wildman–Crippen MR) is 170 cm³/mol. The molecule has 0 bridgehead atoms. The Morgan fingerprint density at radius 1 is 1.02 bits per heavy atom. The average Bonchev–Trinajstić information content (AvgIpc) is 3.69. The molecule has 2 atom stereocenters. The summed E-state index contributed by atoms with van der Waals surface area (Å²) in [6.07, 6.45) is 4.64. The molecule has 8 heteroatoms. The van der Waals surface area contributed by atoms with Crippen LogP contribution in [0.25, 0.3) is 0 Å². The van der Waals surface area contributed by atoms with Gasteiger partial charge in [-0.15, -0.1) is 0 Å². The van der Waals surface area contributed by atoms with E-state index in [1.165, 1.54) is 39.0 Å². The molecule has 4 fully saturated rings. The van der Waals surface area contributed by atoms with Gasteiger partial charge in [-0.1, -0.05) is 45.2 Å². The Labute approximate surface area is 266 Å². The minimum Gasteiger partial charge on any atom is -0.489 e. The standard InChI is InChI=1S/C36H42ClN5O2/c1-35(2)33(36(3,4)34(35)44-28-13-8-23(16-38)30(37)15-28)42-21-31-29(32(42)43)14-10-26(40-31)9-5-22-6-11-27(12-7-22)41-19-24-17-39-18-25(24)20-41/h8,10,13-15,22,24-25,27,33-34,39H,6-7,11-12,17-21H2,1-4H3. The SMILES string of the molecule is CC1(C)C(Oc2ccc(C#N)c(Cl)c2)C(C)(C)C1N1Cc2nc(C#CC3CCC(N4CC5CNCC5C4)CC3)ccc2C1=O. The zero-order valence-corrected chi connectivity index (χ0v) is 27.0. The van der Waals surface area contributed by atoms with Crippen LogP contribution in [-0.2, 0) is 6.54 Å². The van der Waals surface area contributed by atoms with Crippen molar-refractivity contribution in [1.82, 2.24) is 20.1 Å². The number of carbonyl (C=O) groups excluding carboxylic acids is 1. The van der Waals surface area contributed by atoms with Gasteiger partial charge in [0.15, 0.2) is 0 Å². The molecule has 4 heterocycles. The van der Waals surface area contributed by atoms with Gasteiger partial charge in [0.05, 0.1) is 28.4 Å². The van der Waals surface area contributed by atoms with Crippen molar-refractivity contribution < 1.29 is 9.53 Å². The molecule has 230 valence electrons. The van der Waals surface area contributed by atoms with Crippen molar-refractivity contribution in [2.75, 3.05) is 26.2 Å². The number of nitrogens with zero attached hydrogens (tertiary/aromatic N) is 4. The molecule has 3 aliphatic heterocycles. The Bertz CT molecular complexity index is 1550. The summed E-state index contributed by atoms with van der Waals surface area (Å²) in [6, 6.07) is 11.8. The van der Waals surface area contributed by atoms with Crippen molar-refractivity contribution in [1.29, 1.82) is 5.26 Å². The van der Waals surface area contributed by atoms with Crippen LogP contribution in [0.2, 0.25) is 5.02 Å². The molecule has 2 saturated carbocycles. The number of nitrogens with one attached hydrogen (secondary N) is 1. The maximum Gasteiger partial charge on any atom is 0.256 e. The zero-order chi connectivity index (χ0) is 30.8. The molecule has 5 aliphatic rings. The van der Waals surface area contributed by atoms with E-state index in [2.05, 4.69) is 55.8 Å². The van der Waals surface area contributed by atoms with E-state index in [0.717, 1.165) is 42.1 Å². The second-order valence-corrected chi connectivity index (χ2v) is 15.2. The van der Waals surface area contributed by atoms with E-state index in [1.807, 2.05) is 17.0 Å². The summed E-state index contributed by atoms with van der Waals surface area (Å²) < 4.78 is 6.45. The molecule has 2 aromatic rings. The first-order valence-electron chi connectivity index (χ1n) is 16.2. The van der Waals surface area contributed by atoms with E-state index in [0.29, 0.717) is 34.4 Å². The molecule has 2 unspecified atom stereocenters. The second-order valence-electron chi connectivity index (χ2n) is 14.8. The Balaban J connectivity index is 0.988. The summed E-state index contributed by atoms with van der Waals surface area (Å²) in [5.41, 5.74) is 2.05. The van der Waals surface area contributed by atoms with E-state index in [-0.39, 0.29) is 28.9 Å². The smallest absolute Gasteiger partial charge is 0.256 e. The van der Waals surface area contributed by atoms with Gasteiger partial charge >= 0.3 is 0 Å². The number of halogens is 1. The Morgan fingerprint density at radius 2 is 1.73 bits per heavy atom. The van der Waals surface area contributed by atoms with Crippen LogP contribution in [0.3, 0.4) is 0 Å². The molecule has 0 radical (unpaired) electrons. The third kappa shape index (κ3) is 4.98. The van der Waals surface area contributed by atoms with Crippen molar-refractivity contribution in [3.05, 3.63) is 57.9 Å². The van der Waals surface area contributed by atoms with Gasteiger partial charge in [-0.3, -0.25) is 9.69 Å². The summed E-state index contributed by atoms with van der Waals surface area (Å²) in [4.78, 5) is 23.3. The van der Waals surface area contributed by atoms with Gasteiger partial charge in [0.2, 0.25) is 0 Å². The number of nitriles is 1. The van der Waals surface area contributed by atoms with Crippen LogP contribution in [0, 0.1) is 51.8 Å². The molecular formula is C36H42ClN5O2. The van der Waals surface area contributed by atoms with Crippen LogP contribution in [0.4, 0.5) is 0 Å². The number of amides is 1. The van der Waals surface area contributed by atoms with Gasteiger partial charge in [0, 0.05) is 48.0 Å². The van der Waals surface area contributed by atoms with E-state index < -0.39 is 0 Å². The summed E-state index contributed by atoms with van der Waals surface area (Å²) in [5, 5.41) is 13.1. The molecule has 2 saturated heterocycles. The number of fused-ring (bicyclic) bond motifs is 2. The van der Waals surface area contributed by atoms with E-state index in [1.54, 1.807) is 18.2 Å². The first-order chi connectivity index (χ1) is 21.1. The Morgan fingerprint density at radius 3 is 2.39 bits per heavy atom. The summed E-state index contributed by atoms with van der Waals surface area (Å²) in [5.74, 6) is 9.67. The van der Waals surface area contributed by atoms with Gasteiger partial charge in [-0.05, 0) is 80.8 Å². The maximum atomic E-state index is 13.7. The minimum absolute atomic E-state index is 0.0261. The first-order valence-corrected chi connectivity index (χ1v) is 16.6. The second kappa shape index (κ2) is 11.1. The third-order valence-electron chi connectivity index (χ3n) is 11.2. The van der Waals surface area contributed by atoms with Crippen LogP contribution >= 0.6 is 11.6 Å². The summed E-state index contributed by atoms with van der Waals surface area (Å²) in [6.45, 7) is 14.0. The lowest BCUT2D eigenvalue weighted by molar-refractivity contribution is -0.199. The first kappa shape index (κ1) is 29.6. The fourth-order valence-corrected chi connectivity index (χ4v) is 9.66. The predicted octanol–water partition coefficient (Wildman–Crippen LogP) is 5.51. The lowest BCUT2D eigenvalue weighted by Gasteiger charge is -2.65. The van der Waals surface area contributed by atoms with Gasteiger partial charge in [0.25, 0.3) is 5.91 Å². The fourth-order valence-electron chi connectivity index (χ4n) is 9.44. The number of ether oxygens (including phenoxy) is 1. The van der Waals surface area contributed by atoms with Gasteiger partial charge < -0.3 is 15.0 Å². The van der Waals surface area contributed by atoms with Crippen LogP contribution in [0.15, 0.2) is 30.3 Å². The number of hydrogen-bond acceptors (Lipinski definition) is 6. The van der Waals surface area contributed by atoms with E-state index in [9.17, 15) is 10.1 Å². The van der Waals surface area contributed by atoms with Gasteiger partial charge in [-0.2, -0.15) is 5.26 Å². The molecule has 1 amide bonds. The third-order valence-corrected chi connectivity index (χ3v) is 11.5. The van der Waals surface area contributed by atoms with Crippen LogP contribution in [-0.4, -0.2) is 65.1 Å². The van der Waals surface area contributed by atoms with Crippen molar-refractivity contribution >= 4 is 17.5 Å². The van der Waals surface area contributed by atoms with E-state index in [4.69, 9.17) is 21.3 Å². The number of aromatic nitrogens is 1. The minimum atomic E-state index is -0.312. The number of benzene rings is 1. The van der Waals surface area contributed by atoms with Crippen LogP contribution < -0.4 is 10.1 Å². The molecule has 1 aromatic heterocycles. The highest BCUT2D eigenvalue weighted by atomic mass is 35.5. The molecule has 44 heavy (non-hydrogen) atoms. The number of hydrogen-bond donors (Lipinski definition) is 1. The topological polar surface area (TPSA) is 81.5 Å². The van der Waals surface area contributed by atoms with Crippen molar-refractivity contribution in [3.8, 4) is 23.7 Å². The molecule has 7 nitrogen and oxygen atoms in total. The molecule has 7 rings (SSSR count). The zero-order valence-electron chi connectivity index (χ0n) is 26.2. The number of carbonyl (C=O) groups is 1. The molecular weight excluding hydrogens is 570 g/mol. The van der Waals surface area contributed by atoms with E-state index >= 15 is 0 Å². The number of pyridine rings is 1. The highest BCUT2D eigenvalue weighted by Gasteiger charge is 2.67. The summed E-state index contributed by atoms with van der Waals surface area (Å²) in [7, 11) is 0. The molecule has 1 aromatic carbocycles. The van der Waals surface area contributed by atoms with Gasteiger partial charge in [0.1, 0.15) is 23.6 Å². The lowest BCUT2D eigenvalue weighted by atomic mass is 9.49. The maximum absolute atomic E-state index is 13.7. The summed E-state index contributed by atoms with van der Waals surface area (Å²) >= 11 is 6.27. The number of likely N-dealkylation sites (tertiary alicyclic amines) is 1. The quantitative estimate of drug-likeness (QED) is 0.460. The highest BCUT2D eigenvalue weighted by molar-refractivity contribution is 6.31. The number of rotatable bonds is 4. The lowest BCUT2D eigenvalue weighted by Crippen LogP contribution is -2.74. The Hall–Kier alpha value is -3.10. The van der Waals surface area contributed by atoms with Gasteiger partial charge in [-0.25, -0.2) is 4.98 Å².